The Morgan fingerprint density at radius 3 is 2.54 bits per heavy atom. The van der Waals surface area contributed by atoms with Crippen LogP contribution in [0.2, 0.25) is 0 Å². The molecule has 0 spiro atoms. The fourth-order valence-corrected chi connectivity index (χ4v) is 1.25. The van der Waals surface area contributed by atoms with E-state index >= 15 is 0 Å². The molecule has 0 saturated carbocycles. The summed E-state index contributed by atoms with van der Waals surface area (Å²) in [6.45, 7) is 1.44. The van der Waals surface area contributed by atoms with Crippen molar-refractivity contribution in [2.45, 2.75) is 13.3 Å². The van der Waals surface area contributed by atoms with Crippen molar-refractivity contribution in [3.63, 3.8) is 0 Å². The second-order valence-corrected chi connectivity index (χ2v) is 3.11. The van der Waals surface area contributed by atoms with Gasteiger partial charge in [-0.3, -0.25) is 4.98 Å². The average Bonchev–Trinajstić information content (AvgIpc) is 1.95. The Morgan fingerprint density at radius 1 is 1.46 bits per heavy atom. The van der Waals surface area contributed by atoms with Crippen LogP contribution >= 0.6 is 15.9 Å². The van der Waals surface area contributed by atoms with E-state index in [1.165, 1.54) is 19.2 Å². The van der Waals surface area contributed by atoms with Gasteiger partial charge in [0, 0.05) is 6.20 Å². The van der Waals surface area contributed by atoms with Crippen molar-refractivity contribution in [1.29, 1.82) is 0 Å². The number of hydrogen-bond donors (Lipinski definition) is 0. The summed E-state index contributed by atoms with van der Waals surface area (Å²) in [4.78, 5) is 3.67. The van der Waals surface area contributed by atoms with Crippen molar-refractivity contribution in [3.05, 3.63) is 22.4 Å². The van der Waals surface area contributed by atoms with E-state index in [1.54, 1.807) is 0 Å². The van der Waals surface area contributed by atoms with Crippen LogP contribution in [0.25, 0.3) is 0 Å². The van der Waals surface area contributed by atoms with Crippen molar-refractivity contribution >= 4 is 15.9 Å². The lowest BCUT2D eigenvalue weighted by atomic mass is 10.3. The Hall–Kier alpha value is -0.780. The van der Waals surface area contributed by atoms with E-state index in [-0.39, 0.29) is 15.9 Å². The van der Waals surface area contributed by atoms with Gasteiger partial charge in [-0.1, -0.05) is 0 Å². The molecule has 13 heavy (non-hydrogen) atoms. The van der Waals surface area contributed by atoms with E-state index < -0.39 is 6.36 Å². The maximum atomic E-state index is 11.8. The number of alkyl halides is 3. The standard InChI is InChI=1S/C7H5BrF3NO/c1-4-6(13-7(9,10)11)5(8)2-3-12-4/h2-3H,1H3. The van der Waals surface area contributed by atoms with Crippen LogP contribution in [0.3, 0.4) is 0 Å². The summed E-state index contributed by atoms with van der Waals surface area (Å²) in [6, 6.07) is 1.38. The van der Waals surface area contributed by atoms with Gasteiger partial charge in [0.25, 0.3) is 0 Å². The van der Waals surface area contributed by atoms with Crippen LogP contribution in [-0.4, -0.2) is 11.3 Å². The summed E-state index contributed by atoms with van der Waals surface area (Å²) in [5.41, 5.74) is 0.187. The highest BCUT2D eigenvalue weighted by Gasteiger charge is 2.32. The van der Waals surface area contributed by atoms with Gasteiger partial charge >= 0.3 is 6.36 Å². The topological polar surface area (TPSA) is 22.1 Å². The molecule has 0 N–H and O–H groups in total. The van der Waals surface area contributed by atoms with Crippen molar-refractivity contribution in [2.24, 2.45) is 0 Å². The highest BCUT2D eigenvalue weighted by Crippen LogP contribution is 2.31. The molecule has 1 heterocycles. The molecule has 0 bridgehead atoms. The van der Waals surface area contributed by atoms with Gasteiger partial charge in [-0.25, -0.2) is 0 Å². The fraction of sp³-hybridized carbons (Fsp3) is 0.286. The molecule has 0 aliphatic carbocycles. The van der Waals surface area contributed by atoms with Gasteiger partial charge in [0.2, 0.25) is 0 Å². The second kappa shape index (κ2) is 3.53. The van der Waals surface area contributed by atoms with Crippen molar-refractivity contribution in [2.75, 3.05) is 0 Å². The van der Waals surface area contributed by atoms with Gasteiger partial charge in [-0.05, 0) is 28.9 Å². The van der Waals surface area contributed by atoms with E-state index in [9.17, 15) is 13.2 Å². The van der Waals surface area contributed by atoms with Crippen LogP contribution in [0.5, 0.6) is 5.75 Å². The summed E-state index contributed by atoms with van der Waals surface area (Å²) in [6.07, 6.45) is -3.29. The van der Waals surface area contributed by atoms with Crippen LogP contribution in [0.1, 0.15) is 5.69 Å². The summed E-state index contributed by atoms with van der Waals surface area (Å²) in [5, 5.41) is 0. The highest BCUT2D eigenvalue weighted by molar-refractivity contribution is 9.10. The maximum absolute atomic E-state index is 11.8. The third kappa shape index (κ3) is 2.87. The first-order chi connectivity index (χ1) is 5.90. The first-order valence-corrected chi connectivity index (χ1v) is 4.06. The number of hydrogen-bond acceptors (Lipinski definition) is 2. The van der Waals surface area contributed by atoms with Gasteiger partial charge < -0.3 is 4.74 Å². The molecule has 1 aromatic rings. The number of aromatic nitrogens is 1. The summed E-state index contributed by atoms with van der Waals surface area (Å²) in [7, 11) is 0. The molecule has 0 aliphatic rings. The monoisotopic (exact) mass is 255 g/mol. The van der Waals surface area contributed by atoms with Crippen LogP contribution in [0, 0.1) is 6.92 Å². The predicted molar refractivity (Wildman–Crippen MR) is 43.4 cm³/mol. The van der Waals surface area contributed by atoms with E-state index in [0.717, 1.165) is 0 Å². The van der Waals surface area contributed by atoms with E-state index in [4.69, 9.17) is 0 Å². The summed E-state index contributed by atoms with van der Waals surface area (Å²) in [5.74, 6) is -0.296. The molecular weight excluding hydrogens is 251 g/mol. The Labute approximate surface area is 80.9 Å². The molecule has 0 atom stereocenters. The van der Waals surface area contributed by atoms with E-state index in [1.807, 2.05) is 0 Å². The number of halogens is 4. The minimum absolute atomic E-state index is 0.187. The molecule has 0 fully saturated rings. The first kappa shape index (κ1) is 10.3. The molecule has 72 valence electrons. The average molecular weight is 256 g/mol. The van der Waals surface area contributed by atoms with Gasteiger partial charge in [-0.15, -0.1) is 13.2 Å². The van der Waals surface area contributed by atoms with E-state index in [0.29, 0.717) is 0 Å². The SMILES string of the molecule is Cc1nccc(Br)c1OC(F)(F)F. The zero-order valence-corrected chi connectivity index (χ0v) is 8.11. The molecule has 0 saturated heterocycles. The fourth-order valence-electron chi connectivity index (χ4n) is 0.760. The summed E-state index contributed by atoms with van der Waals surface area (Å²) < 4.78 is 39.5. The van der Waals surface area contributed by atoms with Crippen molar-refractivity contribution in [1.82, 2.24) is 4.98 Å². The zero-order valence-electron chi connectivity index (χ0n) is 6.52. The maximum Gasteiger partial charge on any atom is 0.573 e. The minimum atomic E-state index is -4.68. The molecule has 0 aliphatic heterocycles. The number of pyridine rings is 1. The lowest BCUT2D eigenvalue weighted by Gasteiger charge is -2.11. The molecule has 1 rings (SSSR count). The third-order valence-corrected chi connectivity index (χ3v) is 1.88. The Morgan fingerprint density at radius 2 is 2.08 bits per heavy atom. The normalized spacial score (nSPS) is 11.5. The van der Waals surface area contributed by atoms with Gasteiger partial charge in [0.15, 0.2) is 5.75 Å². The van der Waals surface area contributed by atoms with E-state index in [2.05, 4.69) is 25.7 Å². The first-order valence-electron chi connectivity index (χ1n) is 3.27. The largest absolute Gasteiger partial charge is 0.573 e. The number of rotatable bonds is 1. The molecule has 6 heteroatoms. The van der Waals surface area contributed by atoms with Crippen molar-refractivity contribution in [3.8, 4) is 5.75 Å². The zero-order chi connectivity index (χ0) is 10.1. The lowest BCUT2D eigenvalue weighted by molar-refractivity contribution is -0.275. The van der Waals surface area contributed by atoms with Gasteiger partial charge in [0.05, 0.1) is 10.2 Å². The van der Waals surface area contributed by atoms with Crippen LogP contribution in [0.15, 0.2) is 16.7 Å². The molecule has 0 amide bonds. The number of aryl methyl sites for hydroxylation is 1. The second-order valence-electron chi connectivity index (χ2n) is 2.26. The molecule has 0 unspecified atom stereocenters. The van der Waals surface area contributed by atoms with Crippen molar-refractivity contribution < 1.29 is 17.9 Å². The third-order valence-electron chi connectivity index (χ3n) is 1.25. The number of ether oxygens (including phenoxy) is 1. The van der Waals surface area contributed by atoms with Gasteiger partial charge in [-0.2, -0.15) is 0 Å². The van der Waals surface area contributed by atoms with Crippen LogP contribution < -0.4 is 4.74 Å². The molecular formula is C7H5BrF3NO. The minimum Gasteiger partial charge on any atom is -0.403 e. The quantitative estimate of drug-likeness (QED) is 0.770. The number of nitrogens with zero attached hydrogens (tertiary/aromatic N) is 1. The predicted octanol–water partition coefficient (Wildman–Crippen LogP) is 3.05. The Balaban J connectivity index is 3.00. The summed E-state index contributed by atoms with van der Waals surface area (Å²) >= 11 is 2.93. The molecule has 1 aromatic heterocycles. The Bertz CT molecular complexity index is 293. The van der Waals surface area contributed by atoms with Gasteiger partial charge in [0.1, 0.15) is 0 Å². The Kier molecular flexibility index (Phi) is 2.80. The highest BCUT2D eigenvalue weighted by atomic mass is 79.9. The van der Waals surface area contributed by atoms with Crippen LogP contribution in [0.4, 0.5) is 13.2 Å². The molecule has 0 aromatic carbocycles. The smallest absolute Gasteiger partial charge is 0.403 e. The molecule has 0 radical (unpaired) electrons. The van der Waals surface area contributed by atoms with Crippen LogP contribution in [-0.2, 0) is 0 Å². The molecule has 2 nitrogen and oxygen atoms in total. The lowest BCUT2D eigenvalue weighted by Crippen LogP contribution is -2.18.